The molecule has 0 amide bonds. The summed E-state index contributed by atoms with van der Waals surface area (Å²) in [5.41, 5.74) is 3.04. The molecule has 0 atom stereocenters. The van der Waals surface area contributed by atoms with Gasteiger partial charge >= 0.3 is 0 Å². The van der Waals surface area contributed by atoms with E-state index >= 15 is 0 Å². The van der Waals surface area contributed by atoms with E-state index in [-0.39, 0.29) is 22.0 Å². The second-order valence-corrected chi connectivity index (χ2v) is 10.8. The standard InChI is InChI=1S/C22H24N2O4S2/c1-17-9-12-22(15-18(17)2)29(25,26)23-20-10-13-21(14-11-20)30(27,28)24(3)16-19-7-5-4-6-8-19/h4-15,23H,16H2,1-3H3. The summed E-state index contributed by atoms with van der Waals surface area (Å²) in [5.74, 6) is 0. The van der Waals surface area contributed by atoms with Crippen LogP contribution in [0.5, 0.6) is 0 Å². The van der Waals surface area contributed by atoms with E-state index in [9.17, 15) is 16.8 Å². The number of nitrogens with one attached hydrogen (secondary N) is 1. The third-order valence-corrected chi connectivity index (χ3v) is 8.05. The van der Waals surface area contributed by atoms with Crippen LogP contribution < -0.4 is 4.72 Å². The highest BCUT2D eigenvalue weighted by molar-refractivity contribution is 7.92. The van der Waals surface area contributed by atoms with Crippen molar-refractivity contribution in [3.63, 3.8) is 0 Å². The monoisotopic (exact) mass is 444 g/mol. The molecule has 0 aliphatic carbocycles. The zero-order valence-corrected chi connectivity index (χ0v) is 18.7. The number of sulfonamides is 2. The highest BCUT2D eigenvalue weighted by atomic mass is 32.2. The van der Waals surface area contributed by atoms with Crippen LogP contribution in [0.4, 0.5) is 5.69 Å². The molecule has 3 rings (SSSR count). The summed E-state index contributed by atoms with van der Waals surface area (Å²) < 4.78 is 54.6. The van der Waals surface area contributed by atoms with Gasteiger partial charge in [-0.05, 0) is 66.9 Å². The van der Waals surface area contributed by atoms with Crippen molar-refractivity contribution in [1.82, 2.24) is 4.31 Å². The normalized spacial score (nSPS) is 12.1. The van der Waals surface area contributed by atoms with Crippen LogP contribution in [0.3, 0.4) is 0 Å². The second-order valence-electron chi connectivity index (χ2n) is 7.12. The molecule has 0 bridgehead atoms. The molecule has 0 aliphatic rings. The van der Waals surface area contributed by atoms with Gasteiger partial charge in [0.15, 0.2) is 0 Å². The number of nitrogens with zero attached hydrogens (tertiary/aromatic N) is 1. The summed E-state index contributed by atoms with van der Waals surface area (Å²) >= 11 is 0. The number of aryl methyl sites for hydroxylation is 2. The van der Waals surface area contributed by atoms with Gasteiger partial charge in [-0.1, -0.05) is 36.4 Å². The first-order valence-electron chi connectivity index (χ1n) is 9.30. The van der Waals surface area contributed by atoms with Crippen molar-refractivity contribution < 1.29 is 16.8 Å². The van der Waals surface area contributed by atoms with Crippen LogP contribution in [0.15, 0.2) is 82.6 Å². The van der Waals surface area contributed by atoms with Gasteiger partial charge in [0.05, 0.1) is 9.79 Å². The average Bonchev–Trinajstić information content (AvgIpc) is 2.71. The molecule has 0 saturated heterocycles. The molecule has 30 heavy (non-hydrogen) atoms. The third kappa shape index (κ3) is 4.89. The van der Waals surface area contributed by atoms with Gasteiger partial charge < -0.3 is 0 Å². The van der Waals surface area contributed by atoms with Crippen LogP contribution in [0.25, 0.3) is 0 Å². The summed E-state index contributed by atoms with van der Waals surface area (Å²) in [5, 5.41) is 0. The van der Waals surface area contributed by atoms with Gasteiger partial charge in [-0.25, -0.2) is 16.8 Å². The fraction of sp³-hybridized carbons (Fsp3) is 0.182. The van der Waals surface area contributed by atoms with Crippen LogP contribution in [0.2, 0.25) is 0 Å². The Labute approximate surface area is 178 Å². The lowest BCUT2D eigenvalue weighted by molar-refractivity contribution is 0.467. The molecule has 3 aromatic rings. The first-order valence-corrected chi connectivity index (χ1v) is 12.2. The molecular formula is C22H24N2O4S2. The van der Waals surface area contributed by atoms with E-state index in [4.69, 9.17) is 0 Å². The Hall–Kier alpha value is -2.68. The Morgan fingerprint density at radius 1 is 0.767 bits per heavy atom. The molecule has 0 heterocycles. The number of benzene rings is 3. The molecule has 158 valence electrons. The maximum atomic E-state index is 12.8. The largest absolute Gasteiger partial charge is 0.280 e. The lowest BCUT2D eigenvalue weighted by Gasteiger charge is -2.17. The summed E-state index contributed by atoms with van der Waals surface area (Å²) in [4.78, 5) is 0.250. The van der Waals surface area contributed by atoms with Gasteiger partial charge in [0.1, 0.15) is 0 Å². The maximum Gasteiger partial charge on any atom is 0.261 e. The van der Waals surface area contributed by atoms with E-state index in [1.54, 1.807) is 18.2 Å². The topological polar surface area (TPSA) is 83.5 Å². The van der Waals surface area contributed by atoms with E-state index in [0.717, 1.165) is 16.7 Å². The maximum absolute atomic E-state index is 12.8. The van der Waals surface area contributed by atoms with Crippen molar-refractivity contribution in [2.24, 2.45) is 0 Å². The quantitative estimate of drug-likeness (QED) is 0.599. The van der Waals surface area contributed by atoms with Crippen LogP contribution in [-0.4, -0.2) is 28.2 Å². The second kappa shape index (κ2) is 8.59. The number of anilines is 1. The van der Waals surface area contributed by atoms with Crippen molar-refractivity contribution in [2.75, 3.05) is 11.8 Å². The fourth-order valence-electron chi connectivity index (χ4n) is 2.90. The molecule has 0 fully saturated rings. The van der Waals surface area contributed by atoms with E-state index in [1.807, 2.05) is 44.2 Å². The smallest absolute Gasteiger partial charge is 0.261 e. The van der Waals surface area contributed by atoms with Crippen molar-refractivity contribution in [3.8, 4) is 0 Å². The van der Waals surface area contributed by atoms with Crippen LogP contribution in [-0.2, 0) is 26.6 Å². The summed E-state index contributed by atoms with van der Waals surface area (Å²) in [6.45, 7) is 4.00. The van der Waals surface area contributed by atoms with Crippen LogP contribution in [0.1, 0.15) is 16.7 Å². The van der Waals surface area contributed by atoms with Gasteiger partial charge in [0, 0.05) is 19.3 Å². The molecule has 0 saturated carbocycles. The molecule has 6 nitrogen and oxygen atoms in total. The molecule has 0 aliphatic heterocycles. The predicted octanol–water partition coefficient (Wildman–Crippen LogP) is 3.92. The number of hydrogen-bond donors (Lipinski definition) is 1. The molecule has 3 aromatic carbocycles. The average molecular weight is 445 g/mol. The lowest BCUT2D eigenvalue weighted by atomic mass is 10.1. The highest BCUT2D eigenvalue weighted by Crippen LogP contribution is 2.22. The Morgan fingerprint density at radius 2 is 1.37 bits per heavy atom. The summed E-state index contributed by atoms with van der Waals surface area (Å²) in [6.07, 6.45) is 0. The molecule has 0 radical (unpaired) electrons. The predicted molar refractivity (Wildman–Crippen MR) is 118 cm³/mol. The molecular weight excluding hydrogens is 420 g/mol. The Kier molecular flexibility index (Phi) is 6.30. The minimum atomic E-state index is -3.77. The van der Waals surface area contributed by atoms with Crippen molar-refractivity contribution in [1.29, 1.82) is 0 Å². The third-order valence-electron chi connectivity index (χ3n) is 4.85. The molecule has 0 spiro atoms. The molecule has 0 unspecified atom stereocenters. The first kappa shape index (κ1) is 22.0. The number of hydrogen-bond acceptors (Lipinski definition) is 4. The summed E-state index contributed by atoms with van der Waals surface area (Å²) in [7, 11) is -5.96. The zero-order chi connectivity index (χ0) is 21.9. The highest BCUT2D eigenvalue weighted by Gasteiger charge is 2.21. The zero-order valence-electron chi connectivity index (χ0n) is 17.0. The summed E-state index contributed by atoms with van der Waals surface area (Å²) in [6, 6.07) is 19.9. The van der Waals surface area contributed by atoms with Gasteiger partial charge in [0.25, 0.3) is 10.0 Å². The van der Waals surface area contributed by atoms with E-state index in [2.05, 4.69) is 4.72 Å². The van der Waals surface area contributed by atoms with Gasteiger partial charge in [-0.15, -0.1) is 0 Å². The Bertz CT molecular complexity index is 1240. The van der Waals surface area contributed by atoms with Crippen LogP contribution in [0, 0.1) is 13.8 Å². The van der Waals surface area contributed by atoms with Gasteiger partial charge in [0.2, 0.25) is 10.0 Å². The lowest BCUT2D eigenvalue weighted by Crippen LogP contribution is -2.26. The van der Waals surface area contributed by atoms with Crippen molar-refractivity contribution >= 4 is 25.7 Å². The Balaban J connectivity index is 1.77. The first-order chi connectivity index (χ1) is 14.1. The Morgan fingerprint density at radius 3 is 1.97 bits per heavy atom. The molecule has 8 heteroatoms. The van der Waals surface area contributed by atoms with Crippen molar-refractivity contribution in [3.05, 3.63) is 89.5 Å². The van der Waals surface area contributed by atoms with Gasteiger partial charge in [-0.2, -0.15) is 4.31 Å². The van der Waals surface area contributed by atoms with E-state index < -0.39 is 20.0 Å². The van der Waals surface area contributed by atoms with E-state index in [0.29, 0.717) is 0 Å². The number of rotatable bonds is 7. The molecule has 0 aromatic heterocycles. The van der Waals surface area contributed by atoms with E-state index in [1.165, 1.54) is 35.6 Å². The van der Waals surface area contributed by atoms with Crippen molar-refractivity contribution in [2.45, 2.75) is 30.2 Å². The minimum absolute atomic E-state index is 0.0926. The van der Waals surface area contributed by atoms with Gasteiger partial charge in [-0.3, -0.25) is 4.72 Å². The fourth-order valence-corrected chi connectivity index (χ4v) is 5.20. The SMILES string of the molecule is Cc1ccc(S(=O)(=O)Nc2ccc(S(=O)(=O)N(C)Cc3ccccc3)cc2)cc1C. The molecule has 1 N–H and O–H groups in total. The minimum Gasteiger partial charge on any atom is -0.280 e. The van der Waals surface area contributed by atoms with Crippen LogP contribution >= 0.6 is 0 Å².